The highest BCUT2D eigenvalue weighted by Gasteiger charge is 2.31. The van der Waals surface area contributed by atoms with Crippen molar-refractivity contribution in [2.45, 2.75) is 32.4 Å². The van der Waals surface area contributed by atoms with Crippen LogP contribution in [-0.2, 0) is 15.9 Å². The molecule has 20 heavy (non-hydrogen) atoms. The van der Waals surface area contributed by atoms with E-state index < -0.39 is 0 Å². The number of hydrogen-bond donors (Lipinski definition) is 0. The van der Waals surface area contributed by atoms with Crippen molar-refractivity contribution in [3.63, 3.8) is 0 Å². The molecule has 0 aromatic carbocycles. The first-order chi connectivity index (χ1) is 9.65. The van der Waals surface area contributed by atoms with E-state index >= 15 is 0 Å². The second kappa shape index (κ2) is 6.45. The molecule has 2 heterocycles. The van der Waals surface area contributed by atoms with Crippen LogP contribution in [0.1, 0.15) is 19.5 Å². The van der Waals surface area contributed by atoms with Crippen LogP contribution in [-0.4, -0.2) is 48.1 Å². The average Bonchev–Trinajstić information content (AvgIpc) is 2.47. The maximum atomic E-state index is 5.39. The van der Waals surface area contributed by atoms with Gasteiger partial charge in [-0.25, -0.2) is 9.98 Å². The summed E-state index contributed by atoms with van der Waals surface area (Å²) in [5.41, 5.74) is 0.851. The molecule has 0 amide bonds. The Kier molecular flexibility index (Phi) is 4.65. The summed E-state index contributed by atoms with van der Waals surface area (Å²) in [4.78, 5) is 17.6. The Labute approximate surface area is 119 Å². The van der Waals surface area contributed by atoms with Gasteiger partial charge in [-0.3, -0.25) is 9.97 Å². The van der Waals surface area contributed by atoms with E-state index in [4.69, 9.17) is 9.47 Å². The van der Waals surface area contributed by atoms with Gasteiger partial charge < -0.3 is 9.47 Å². The molecule has 0 bridgehead atoms. The average molecular weight is 276 g/mol. The van der Waals surface area contributed by atoms with Crippen molar-refractivity contribution in [2.24, 2.45) is 15.9 Å². The molecule has 0 spiro atoms. The first-order valence-electron chi connectivity index (χ1n) is 6.64. The molecule has 0 radical (unpaired) electrons. The Bertz CT molecular complexity index is 499. The van der Waals surface area contributed by atoms with Crippen molar-refractivity contribution >= 4 is 11.8 Å². The highest BCUT2D eigenvalue weighted by atomic mass is 16.5. The van der Waals surface area contributed by atoms with Crippen molar-refractivity contribution in [1.82, 2.24) is 9.97 Å². The first-order valence-corrected chi connectivity index (χ1v) is 6.64. The van der Waals surface area contributed by atoms with Crippen molar-refractivity contribution in [3.05, 3.63) is 24.3 Å². The van der Waals surface area contributed by atoms with Gasteiger partial charge in [0.05, 0.1) is 19.9 Å². The zero-order chi connectivity index (χ0) is 14.5. The number of methoxy groups -OCH3 is 2. The number of nitrogens with zero attached hydrogens (tertiary/aromatic N) is 4. The molecule has 0 saturated carbocycles. The fourth-order valence-electron chi connectivity index (χ4n) is 2.13. The summed E-state index contributed by atoms with van der Waals surface area (Å²) in [6.07, 6.45) is 5.63. The minimum atomic E-state index is -0.207. The van der Waals surface area contributed by atoms with Gasteiger partial charge in [0.2, 0.25) is 11.8 Å². The second-order valence-electron chi connectivity index (χ2n) is 4.95. The highest BCUT2D eigenvalue weighted by Crippen LogP contribution is 2.19. The smallest absolute Gasteiger partial charge is 0.209 e. The molecule has 6 nitrogen and oxygen atoms in total. The number of ether oxygens (including phenoxy) is 2. The monoisotopic (exact) mass is 276 g/mol. The number of rotatable bonds is 3. The van der Waals surface area contributed by atoms with Crippen molar-refractivity contribution in [1.29, 1.82) is 0 Å². The molecule has 1 aliphatic rings. The second-order valence-corrected chi connectivity index (χ2v) is 4.95. The van der Waals surface area contributed by atoms with Crippen molar-refractivity contribution in [3.8, 4) is 0 Å². The SMILES string of the molecule is COC1=N[C@H](C(C)C)C(OC)=N[C@H]1Cc1cnccn1. The zero-order valence-corrected chi connectivity index (χ0v) is 12.3. The molecule has 0 N–H and O–H groups in total. The van der Waals surface area contributed by atoms with Crippen LogP contribution in [0.15, 0.2) is 28.6 Å². The Morgan fingerprint density at radius 3 is 2.40 bits per heavy atom. The molecular formula is C14H20N4O2. The minimum Gasteiger partial charge on any atom is -0.483 e. The number of aliphatic imine (C=N–C) groups is 2. The molecule has 108 valence electrons. The molecule has 1 aromatic heterocycles. The maximum Gasteiger partial charge on any atom is 0.209 e. The quantitative estimate of drug-likeness (QED) is 0.839. The van der Waals surface area contributed by atoms with E-state index in [0.717, 1.165) is 5.69 Å². The van der Waals surface area contributed by atoms with Crippen LogP contribution < -0.4 is 0 Å². The normalized spacial score (nSPS) is 22.2. The van der Waals surface area contributed by atoms with Gasteiger partial charge in [0.25, 0.3) is 0 Å². The summed E-state index contributed by atoms with van der Waals surface area (Å²) in [5, 5.41) is 0. The van der Waals surface area contributed by atoms with E-state index in [1.165, 1.54) is 0 Å². The molecule has 0 fully saturated rings. The van der Waals surface area contributed by atoms with Crippen LogP contribution in [0.2, 0.25) is 0 Å². The van der Waals surface area contributed by atoms with Crippen LogP contribution >= 0.6 is 0 Å². The van der Waals surface area contributed by atoms with Crippen LogP contribution in [0.3, 0.4) is 0 Å². The summed E-state index contributed by atoms with van der Waals surface area (Å²) in [7, 11) is 3.24. The molecule has 0 aliphatic carbocycles. The van der Waals surface area contributed by atoms with Gasteiger partial charge >= 0.3 is 0 Å². The topological polar surface area (TPSA) is 69.0 Å². The van der Waals surface area contributed by atoms with Crippen LogP contribution in [0.25, 0.3) is 0 Å². The third kappa shape index (κ3) is 3.12. The maximum absolute atomic E-state index is 5.39. The van der Waals surface area contributed by atoms with Crippen molar-refractivity contribution < 1.29 is 9.47 Å². The molecule has 0 saturated heterocycles. The number of hydrogen-bond acceptors (Lipinski definition) is 6. The summed E-state index contributed by atoms with van der Waals surface area (Å²) in [6, 6.07) is -0.297. The third-order valence-electron chi connectivity index (χ3n) is 3.16. The van der Waals surface area contributed by atoms with Gasteiger partial charge in [-0.2, -0.15) is 0 Å². The lowest BCUT2D eigenvalue weighted by Crippen LogP contribution is -2.38. The molecule has 1 aliphatic heterocycles. The molecule has 6 heteroatoms. The standard InChI is InChI=1S/C14H20N4O2/c1-9(2)12-14(20-4)17-11(13(18-12)19-3)7-10-8-15-5-6-16-10/h5-6,8-9,11-12H,7H2,1-4H3/t11-,12+/m0/s1. The van der Waals surface area contributed by atoms with E-state index in [1.54, 1.807) is 32.8 Å². The van der Waals surface area contributed by atoms with Gasteiger partial charge in [-0.15, -0.1) is 0 Å². The third-order valence-corrected chi connectivity index (χ3v) is 3.16. The van der Waals surface area contributed by atoms with E-state index in [-0.39, 0.29) is 12.1 Å². The van der Waals surface area contributed by atoms with E-state index in [2.05, 4.69) is 33.8 Å². The van der Waals surface area contributed by atoms with Gasteiger partial charge in [-0.05, 0) is 5.92 Å². The molecule has 2 atom stereocenters. The summed E-state index contributed by atoms with van der Waals surface area (Å²) < 4.78 is 10.8. The summed E-state index contributed by atoms with van der Waals surface area (Å²) in [6.45, 7) is 4.16. The summed E-state index contributed by atoms with van der Waals surface area (Å²) >= 11 is 0. The Hall–Kier alpha value is -1.98. The predicted octanol–water partition coefficient (Wildman–Crippen LogP) is 1.52. The molecule has 2 rings (SSSR count). The summed E-state index contributed by atoms with van der Waals surface area (Å²) in [5.74, 6) is 1.57. The van der Waals surface area contributed by atoms with E-state index in [9.17, 15) is 0 Å². The van der Waals surface area contributed by atoms with E-state index in [1.807, 2.05) is 0 Å². The van der Waals surface area contributed by atoms with Crippen molar-refractivity contribution in [2.75, 3.05) is 14.2 Å². The first kappa shape index (κ1) is 14.4. The predicted molar refractivity (Wildman–Crippen MR) is 77.0 cm³/mol. The lowest BCUT2D eigenvalue weighted by atomic mass is 10.0. The Balaban J connectivity index is 2.23. The minimum absolute atomic E-state index is 0.0898. The van der Waals surface area contributed by atoms with Crippen LogP contribution in [0.5, 0.6) is 0 Å². The van der Waals surface area contributed by atoms with Crippen LogP contribution in [0, 0.1) is 5.92 Å². The fraction of sp³-hybridized carbons (Fsp3) is 0.571. The molecular weight excluding hydrogens is 256 g/mol. The van der Waals surface area contributed by atoms with Crippen LogP contribution in [0.4, 0.5) is 0 Å². The molecule has 0 unspecified atom stereocenters. The van der Waals surface area contributed by atoms with Gasteiger partial charge in [-0.1, -0.05) is 13.8 Å². The van der Waals surface area contributed by atoms with E-state index in [0.29, 0.717) is 24.1 Å². The molecule has 1 aromatic rings. The van der Waals surface area contributed by atoms with Gasteiger partial charge in [0.15, 0.2) is 0 Å². The Morgan fingerprint density at radius 2 is 1.85 bits per heavy atom. The number of aromatic nitrogens is 2. The van der Waals surface area contributed by atoms with Gasteiger partial charge in [0.1, 0.15) is 12.1 Å². The fourth-order valence-corrected chi connectivity index (χ4v) is 2.13. The zero-order valence-electron chi connectivity index (χ0n) is 12.3. The van der Waals surface area contributed by atoms with Gasteiger partial charge in [0, 0.05) is 25.0 Å². The lowest BCUT2D eigenvalue weighted by molar-refractivity contribution is 0.332. The highest BCUT2D eigenvalue weighted by molar-refractivity contribution is 5.94. The Morgan fingerprint density at radius 1 is 1.10 bits per heavy atom. The largest absolute Gasteiger partial charge is 0.483 e. The lowest BCUT2D eigenvalue weighted by Gasteiger charge is -2.26.